The number of benzene rings is 1. The fourth-order valence-electron chi connectivity index (χ4n) is 1.90. The maximum Gasteiger partial charge on any atom is 0.279 e. The Hall–Kier alpha value is -2.19. The van der Waals surface area contributed by atoms with Gasteiger partial charge in [0, 0.05) is 11.8 Å². The van der Waals surface area contributed by atoms with E-state index < -0.39 is 0 Å². The standard InChI is InChI=1S/C15H14N4O2S2/c1-9-4-3-5-11(6-9)8-22-15-18-17-14(23-15)16-13(20)12-7-10(2)21-19-12/h3-7H,8H2,1-2H3,(H,16,17,20). The van der Waals surface area contributed by atoms with Gasteiger partial charge in [-0.05, 0) is 19.4 Å². The smallest absolute Gasteiger partial charge is 0.279 e. The molecule has 1 amide bonds. The fraction of sp³-hybridized carbons (Fsp3) is 0.200. The Morgan fingerprint density at radius 1 is 1.30 bits per heavy atom. The van der Waals surface area contributed by atoms with Gasteiger partial charge >= 0.3 is 0 Å². The van der Waals surface area contributed by atoms with E-state index in [-0.39, 0.29) is 11.6 Å². The summed E-state index contributed by atoms with van der Waals surface area (Å²) in [5, 5.41) is 14.8. The molecule has 0 unspecified atom stereocenters. The van der Waals surface area contributed by atoms with Gasteiger partial charge in [-0.25, -0.2) is 0 Å². The second-order valence-corrected chi connectivity index (χ2v) is 7.13. The van der Waals surface area contributed by atoms with Crippen LogP contribution in [0, 0.1) is 13.8 Å². The normalized spacial score (nSPS) is 10.7. The molecule has 6 nitrogen and oxygen atoms in total. The molecule has 3 rings (SSSR count). The molecule has 0 fully saturated rings. The van der Waals surface area contributed by atoms with Gasteiger partial charge < -0.3 is 4.52 Å². The molecule has 23 heavy (non-hydrogen) atoms. The van der Waals surface area contributed by atoms with E-state index in [4.69, 9.17) is 4.52 Å². The molecular weight excluding hydrogens is 332 g/mol. The lowest BCUT2D eigenvalue weighted by atomic mass is 10.2. The lowest BCUT2D eigenvalue weighted by Gasteiger charge is -1.99. The topological polar surface area (TPSA) is 80.9 Å². The molecule has 0 aliphatic rings. The predicted molar refractivity (Wildman–Crippen MR) is 89.8 cm³/mol. The van der Waals surface area contributed by atoms with Crippen molar-refractivity contribution in [1.82, 2.24) is 15.4 Å². The van der Waals surface area contributed by atoms with Gasteiger partial charge in [-0.2, -0.15) is 0 Å². The van der Waals surface area contributed by atoms with Gasteiger partial charge in [-0.1, -0.05) is 58.1 Å². The van der Waals surface area contributed by atoms with E-state index in [1.54, 1.807) is 24.8 Å². The first-order valence-corrected chi connectivity index (χ1v) is 8.67. The number of hydrogen-bond acceptors (Lipinski definition) is 7. The average molecular weight is 346 g/mol. The first-order chi connectivity index (χ1) is 11.1. The minimum absolute atomic E-state index is 0.228. The summed E-state index contributed by atoms with van der Waals surface area (Å²) in [6.07, 6.45) is 0. The third-order valence-corrected chi connectivity index (χ3v) is 4.98. The van der Waals surface area contributed by atoms with E-state index in [9.17, 15) is 4.79 Å². The highest BCUT2D eigenvalue weighted by molar-refractivity contribution is 8.00. The number of aryl methyl sites for hydroxylation is 2. The number of nitrogens with one attached hydrogen (secondary N) is 1. The molecule has 8 heteroatoms. The highest BCUT2D eigenvalue weighted by Gasteiger charge is 2.14. The number of hydrogen-bond donors (Lipinski definition) is 1. The van der Waals surface area contributed by atoms with E-state index in [2.05, 4.69) is 45.8 Å². The van der Waals surface area contributed by atoms with Crippen LogP contribution in [0.25, 0.3) is 0 Å². The molecule has 0 atom stereocenters. The van der Waals surface area contributed by atoms with E-state index in [1.165, 1.54) is 22.5 Å². The first-order valence-electron chi connectivity index (χ1n) is 6.86. The van der Waals surface area contributed by atoms with Gasteiger partial charge in [-0.3, -0.25) is 10.1 Å². The van der Waals surface area contributed by atoms with Crippen LogP contribution in [0.4, 0.5) is 5.13 Å². The van der Waals surface area contributed by atoms with Crippen LogP contribution in [0.3, 0.4) is 0 Å². The lowest BCUT2D eigenvalue weighted by Crippen LogP contribution is -2.11. The average Bonchev–Trinajstić information content (AvgIpc) is 3.14. The Labute approximate surface area is 141 Å². The molecule has 118 valence electrons. The zero-order valence-electron chi connectivity index (χ0n) is 12.6. The van der Waals surface area contributed by atoms with Crippen molar-refractivity contribution in [1.29, 1.82) is 0 Å². The zero-order valence-corrected chi connectivity index (χ0v) is 14.2. The van der Waals surface area contributed by atoms with Gasteiger partial charge in [0.15, 0.2) is 10.0 Å². The molecule has 2 aromatic heterocycles. The van der Waals surface area contributed by atoms with Crippen molar-refractivity contribution in [2.75, 3.05) is 5.32 Å². The van der Waals surface area contributed by atoms with Gasteiger partial charge in [0.25, 0.3) is 5.91 Å². The molecule has 2 heterocycles. The third-order valence-electron chi connectivity index (χ3n) is 2.93. The quantitative estimate of drug-likeness (QED) is 0.560. The minimum atomic E-state index is -0.353. The highest BCUT2D eigenvalue weighted by Crippen LogP contribution is 2.28. The molecule has 0 aliphatic carbocycles. The van der Waals surface area contributed by atoms with Crippen LogP contribution in [-0.2, 0) is 5.75 Å². The van der Waals surface area contributed by atoms with E-state index >= 15 is 0 Å². The Morgan fingerprint density at radius 3 is 2.91 bits per heavy atom. The number of nitrogens with zero attached hydrogens (tertiary/aromatic N) is 3. The van der Waals surface area contributed by atoms with Crippen LogP contribution in [0.15, 0.2) is 39.2 Å². The predicted octanol–water partition coefficient (Wildman–Crippen LogP) is 3.69. The molecule has 0 saturated carbocycles. The molecule has 0 saturated heterocycles. The van der Waals surface area contributed by atoms with Crippen LogP contribution in [0.2, 0.25) is 0 Å². The lowest BCUT2D eigenvalue weighted by molar-refractivity contribution is 0.101. The summed E-state index contributed by atoms with van der Waals surface area (Å²) in [5.41, 5.74) is 2.69. The number of thioether (sulfide) groups is 1. The molecule has 0 spiro atoms. The summed E-state index contributed by atoms with van der Waals surface area (Å²) >= 11 is 2.93. The SMILES string of the molecule is Cc1cccc(CSc2nnc(NC(=O)c3cc(C)on3)s2)c1. The van der Waals surface area contributed by atoms with Crippen LogP contribution < -0.4 is 5.32 Å². The third kappa shape index (κ3) is 4.17. The Morgan fingerprint density at radius 2 is 2.17 bits per heavy atom. The van der Waals surface area contributed by atoms with Crippen LogP contribution in [0.5, 0.6) is 0 Å². The second-order valence-electron chi connectivity index (χ2n) is 4.93. The largest absolute Gasteiger partial charge is 0.361 e. The van der Waals surface area contributed by atoms with E-state index in [0.717, 1.165) is 10.1 Å². The van der Waals surface area contributed by atoms with Crippen LogP contribution in [0.1, 0.15) is 27.4 Å². The first kappa shape index (κ1) is 15.7. The number of carbonyl (C=O) groups is 1. The van der Waals surface area contributed by atoms with Crippen molar-refractivity contribution >= 4 is 34.1 Å². The van der Waals surface area contributed by atoms with Crippen molar-refractivity contribution in [2.45, 2.75) is 23.9 Å². The highest BCUT2D eigenvalue weighted by atomic mass is 32.2. The van der Waals surface area contributed by atoms with Crippen LogP contribution >= 0.6 is 23.1 Å². The van der Waals surface area contributed by atoms with Crippen molar-refractivity contribution in [3.05, 3.63) is 52.9 Å². The Balaban J connectivity index is 1.58. The summed E-state index contributed by atoms with van der Waals surface area (Å²) in [4.78, 5) is 12.0. The molecular formula is C15H14N4O2S2. The molecule has 0 radical (unpaired) electrons. The Bertz CT molecular complexity index is 828. The maximum atomic E-state index is 12.0. The maximum absolute atomic E-state index is 12.0. The molecule has 0 bridgehead atoms. The summed E-state index contributed by atoms with van der Waals surface area (Å²) in [6.45, 7) is 3.80. The van der Waals surface area contributed by atoms with Gasteiger partial charge in [0.05, 0.1) is 0 Å². The second kappa shape index (κ2) is 6.93. The molecule has 3 aromatic rings. The van der Waals surface area contributed by atoms with Gasteiger partial charge in [0.1, 0.15) is 5.76 Å². The molecule has 0 aliphatic heterocycles. The molecule has 1 N–H and O–H groups in total. The number of amides is 1. The molecule has 1 aromatic carbocycles. The fourth-order valence-corrected chi connectivity index (χ4v) is 3.59. The van der Waals surface area contributed by atoms with Crippen LogP contribution in [-0.4, -0.2) is 21.3 Å². The minimum Gasteiger partial charge on any atom is -0.361 e. The van der Waals surface area contributed by atoms with Gasteiger partial charge in [-0.15, -0.1) is 10.2 Å². The number of rotatable bonds is 5. The summed E-state index contributed by atoms with van der Waals surface area (Å²) in [6, 6.07) is 9.90. The van der Waals surface area contributed by atoms with Crippen molar-refractivity contribution < 1.29 is 9.32 Å². The van der Waals surface area contributed by atoms with E-state index in [1.807, 2.05) is 6.07 Å². The number of carbonyl (C=O) groups excluding carboxylic acids is 1. The number of aromatic nitrogens is 3. The van der Waals surface area contributed by atoms with Crippen molar-refractivity contribution in [2.24, 2.45) is 0 Å². The summed E-state index contributed by atoms with van der Waals surface area (Å²) in [5.74, 6) is 1.04. The monoisotopic (exact) mass is 346 g/mol. The van der Waals surface area contributed by atoms with E-state index in [0.29, 0.717) is 10.9 Å². The zero-order chi connectivity index (χ0) is 16.2. The Kier molecular flexibility index (Phi) is 4.73. The van der Waals surface area contributed by atoms with Crippen molar-refractivity contribution in [3.63, 3.8) is 0 Å². The summed E-state index contributed by atoms with van der Waals surface area (Å²) < 4.78 is 5.68. The number of anilines is 1. The summed E-state index contributed by atoms with van der Waals surface area (Å²) in [7, 11) is 0. The van der Waals surface area contributed by atoms with Crippen molar-refractivity contribution in [3.8, 4) is 0 Å². The van der Waals surface area contributed by atoms with Gasteiger partial charge in [0.2, 0.25) is 5.13 Å².